The van der Waals surface area contributed by atoms with Crippen molar-refractivity contribution >= 4 is 0 Å². The molecule has 0 amide bonds. The minimum Gasteiger partial charge on any atom is -0.385 e. The van der Waals surface area contributed by atoms with Crippen LogP contribution in [-0.4, -0.2) is 26.4 Å². The van der Waals surface area contributed by atoms with Crippen molar-refractivity contribution < 1.29 is 9.47 Å². The second-order valence-corrected chi connectivity index (χ2v) is 4.54. The van der Waals surface area contributed by atoms with Gasteiger partial charge in [0.15, 0.2) is 0 Å². The zero-order valence-electron chi connectivity index (χ0n) is 11.7. The molecule has 2 unspecified atom stereocenters. The first-order chi connectivity index (χ1) is 8.69. The summed E-state index contributed by atoms with van der Waals surface area (Å²) in [4.78, 5) is 0. The van der Waals surface area contributed by atoms with Gasteiger partial charge in [0.1, 0.15) is 0 Å². The summed E-state index contributed by atoms with van der Waals surface area (Å²) in [6.45, 7) is 5.59. The number of hydrogen-bond donors (Lipinski definition) is 1. The van der Waals surface area contributed by atoms with Crippen molar-refractivity contribution in [2.45, 2.75) is 38.8 Å². The maximum Gasteiger partial charge on any atom is 0.0739 e. The largest absolute Gasteiger partial charge is 0.385 e. The fraction of sp³-hybridized carbons (Fsp3) is 0.600. The molecule has 0 aromatic heterocycles. The molecular formula is C15H25NO2. The average Bonchev–Trinajstić information content (AvgIpc) is 2.42. The van der Waals surface area contributed by atoms with Gasteiger partial charge in [0, 0.05) is 20.3 Å². The number of aryl methyl sites for hydroxylation is 1. The lowest BCUT2D eigenvalue weighted by molar-refractivity contribution is 0.0352. The van der Waals surface area contributed by atoms with E-state index in [-0.39, 0.29) is 12.1 Å². The van der Waals surface area contributed by atoms with Gasteiger partial charge in [0.05, 0.1) is 12.1 Å². The molecule has 102 valence electrons. The zero-order valence-corrected chi connectivity index (χ0v) is 11.7. The van der Waals surface area contributed by atoms with Crippen LogP contribution in [0.5, 0.6) is 0 Å². The first-order valence-electron chi connectivity index (χ1n) is 6.64. The molecule has 0 radical (unpaired) electrons. The van der Waals surface area contributed by atoms with Crippen LogP contribution in [0.25, 0.3) is 0 Å². The van der Waals surface area contributed by atoms with Gasteiger partial charge in [0.2, 0.25) is 0 Å². The van der Waals surface area contributed by atoms with Crippen LogP contribution in [0, 0.1) is 0 Å². The molecule has 0 spiro atoms. The Bertz CT molecular complexity index is 324. The van der Waals surface area contributed by atoms with Crippen LogP contribution in [0.15, 0.2) is 24.3 Å². The average molecular weight is 251 g/mol. The van der Waals surface area contributed by atoms with Crippen LogP contribution in [0.3, 0.4) is 0 Å². The summed E-state index contributed by atoms with van der Waals surface area (Å²) in [6, 6.07) is 8.38. The van der Waals surface area contributed by atoms with Crippen molar-refractivity contribution in [3.8, 4) is 0 Å². The molecule has 1 aromatic rings. The Kier molecular flexibility index (Phi) is 6.94. The molecule has 18 heavy (non-hydrogen) atoms. The number of rotatable bonds is 8. The third-order valence-corrected chi connectivity index (χ3v) is 3.15. The molecule has 0 aliphatic rings. The van der Waals surface area contributed by atoms with E-state index in [0.717, 1.165) is 25.0 Å². The molecule has 2 atom stereocenters. The predicted molar refractivity (Wildman–Crippen MR) is 74.7 cm³/mol. The molecule has 1 aromatic carbocycles. The molecule has 3 heteroatoms. The Hall–Kier alpha value is -0.900. The summed E-state index contributed by atoms with van der Waals surface area (Å²) in [5.74, 6) is 0. The second kappa shape index (κ2) is 8.25. The van der Waals surface area contributed by atoms with Gasteiger partial charge in [-0.3, -0.25) is 0 Å². The molecule has 0 fully saturated rings. The van der Waals surface area contributed by atoms with E-state index in [0.29, 0.717) is 6.61 Å². The lowest BCUT2D eigenvalue weighted by Crippen LogP contribution is -2.26. The first-order valence-corrected chi connectivity index (χ1v) is 6.64. The summed E-state index contributed by atoms with van der Waals surface area (Å²) < 4.78 is 10.7. The van der Waals surface area contributed by atoms with Crippen molar-refractivity contribution in [2.24, 2.45) is 5.73 Å². The van der Waals surface area contributed by atoms with Gasteiger partial charge in [-0.2, -0.15) is 0 Å². The van der Waals surface area contributed by atoms with Crippen LogP contribution in [-0.2, 0) is 15.9 Å². The van der Waals surface area contributed by atoms with Crippen LogP contribution in [0.1, 0.15) is 37.4 Å². The Morgan fingerprint density at radius 2 is 1.83 bits per heavy atom. The topological polar surface area (TPSA) is 44.5 Å². The Morgan fingerprint density at radius 1 is 1.17 bits per heavy atom. The van der Waals surface area contributed by atoms with Crippen LogP contribution in [0.2, 0.25) is 0 Å². The van der Waals surface area contributed by atoms with Gasteiger partial charge >= 0.3 is 0 Å². The molecule has 1 rings (SSSR count). The van der Waals surface area contributed by atoms with Gasteiger partial charge in [-0.1, -0.05) is 31.2 Å². The molecule has 0 aliphatic heterocycles. The van der Waals surface area contributed by atoms with Crippen LogP contribution in [0.4, 0.5) is 0 Å². The molecule has 0 heterocycles. The molecular weight excluding hydrogens is 226 g/mol. The lowest BCUT2D eigenvalue weighted by Gasteiger charge is -2.21. The van der Waals surface area contributed by atoms with Crippen molar-refractivity contribution in [2.75, 3.05) is 20.3 Å². The fourth-order valence-electron chi connectivity index (χ4n) is 1.82. The quantitative estimate of drug-likeness (QED) is 0.722. The van der Waals surface area contributed by atoms with Gasteiger partial charge in [-0.05, 0) is 30.9 Å². The van der Waals surface area contributed by atoms with Crippen molar-refractivity contribution in [3.05, 3.63) is 35.4 Å². The van der Waals surface area contributed by atoms with E-state index in [1.807, 2.05) is 6.92 Å². The third kappa shape index (κ3) is 4.77. The number of nitrogens with two attached hydrogens (primary N) is 1. The van der Waals surface area contributed by atoms with E-state index in [1.165, 1.54) is 5.56 Å². The number of hydrogen-bond acceptors (Lipinski definition) is 3. The van der Waals surface area contributed by atoms with Gasteiger partial charge < -0.3 is 15.2 Å². The van der Waals surface area contributed by atoms with Crippen molar-refractivity contribution in [1.82, 2.24) is 0 Å². The summed E-state index contributed by atoms with van der Waals surface area (Å²) in [6.07, 6.45) is 1.98. The standard InChI is InChI=1S/C15H25NO2/c1-4-13-6-8-14(9-7-13)15(16)12(2)18-11-5-10-17-3/h6-9,12,15H,4-5,10-11,16H2,1-3H3. The number of benzene rings is 1. The smallest absolute Gasteiger partial charge is 0.0739 e. The molecule has 3 nitrogen and oxygen atoms in total. The Balaban J connectivity index is 2.43. The van der Waals surface area contributed by atoms with Gasteiger partial charge in [0.25, 0.3) is 0 Å². The van der Waals surface area contributed by atoms with Crippen LogP contribution >= 0.6 is 0 Å². The number of ether oxygens (including phenoxy) is 2. The third-order valence-electron chi connectivity index (χ3n) is 3.15. The Morgan fingerprint density at radius 3 is 2.39 bits per heavy atom. The van der Waals surface area contributed by atoms with Crippen LogP contribution < -0.4 is 5.73 Å². The van der Waals surface area contributed by atoms with Gasteiger partial charge in [-0.15, -0.1) is 0 Å². The highest BCUT2D eigenvalue weighted by Crippen LogP contribution is 2.17. The summed E-state index contributed by atoms with van der Waals surface area (Å²) >= 11 is 0. The number of methoxy groups -OCH3 is 1. The van der Waals surface area contributed by atoms with E-state index >= 15 is 0 Å². The van der Waals surface area contributed by atoms with E-state index in [2.05, 4.69) is 31.2 Å². The van der Waals surface area contributed by atoms with E-state index < -0.39 is 0 Å². The normalized spacial score (nSPS) is 14.4. The lowest BCUT2D eigenvalue weighted by atomic mass is 10.0. The maximum atomic E-state index is 6.19. The second-order valence-electron chi connectivity index (χ2n) is 4.54. The summed E-state index contributed by atoms with van der Waals surface area (Å²) in [7, 11) is 1.70. The fourth-order valence-corrected chi connectivity index (χ4v) is 1.82. The van der Waals surface area contributed by atoms with E-state index in [1.54, 1.807) is 7.11 Å². The molecule has 0 saturated carbocycles. The van der Waals surface area contributed by atoms with Crippen molar-refractivity contribution in [3.63, 3.8) is 0 Å². The Labute approximate surface area is 110 Å². The maximum absolute atomic E-state index is 6.19. The summed E-state index contributed by atoms with van der Waals surface area (Å²) in [5.41, 5.74) is 8.65. The first kappa shape index (κ1) is 15.2. The highest BCUT2D eigenvalue weighted by molar-refractivity contribution is 5.25. The molecule has 0 saturated heterocycles. The van der Waals surface area contributed by atoms with E-state index in [4.69, 9.17) is 15.2 Å². The minimum atomic E-state index is -0.0709. The predicted octanol–water partition coefficient (Wildman–Crippen LogP) is 2.69. The SMILES string of the molecule is CCc1ccc(C(N)C(C)OCCCOC)cc1. The molecule has 2 N–H and O–H groups in total. The minimum absolute atomic E-state index is 0.0225. The highest BCUT2D eigenvalue weighted by atomic mass is 16.5. The van der Waals surface area contributed by atoms with Gasteiger partial charge in [-0.25, -0.2) is 0 Å². The highest BCUT2D eigenvalue weighted by Gasteiger charge is 2.14. The molecule has 0 aliphatic carbocycles. The monoisotopic (exact) mass is 251 g/mol. The summed E-state index contributed by atoms with van der Waals surface area (Å²) in [5, 5.41) is 0. The van der Waals surface area contributed by atoms with E-state index in [9.17, 15) is 0 Å². The zero-order chi connectivity index (χ0) is 13.4. The molecule has 0 bridgehead atoms. The van der Waals surface area contributed by atoms with Crippen molar-refractivity contribution in [1.29, 1.82) is 0 Å².